The quantitative estimate of drug-likeness (QED) is 0.514. The summed E-state index contributed by atoms with van der Waals surface area (Å²) in [6, 6.07) is 0. The lowest BCUT2D eigenvalue weighted by atomic mass is 9.90. The molecular formula is C12H22O4. The number of ether oxygens (including phenoxy) is 3. The highest BCUT2D eigenvalue weighted by Crippen LogP contribution is 2.36. The molecular weight excluding hydrogens is 208 g/mol. The summed E-state index contributed by atoms with van der Waals surface area (Å²) in [5.41, 5.74) is 0. The van der Waals surface area contributed by atoms with Crippen LogP contribution in [-0.4, -0.2) is 38.5 Å². The van der Waals surface area contributed by atoms with Gasteiger partial charge in [0.15, 0.2) is 0 Å². The maximum Gasteiger partial charge on any atom is 0.308 e. The molecule has 4 nitrogen and oxygen atoms in total. The average Bonchev–Trinajstić information content (AvgIpc) is 2.97. The molecule has 4 heteroatoms. The van der Waals surface area contributed by atoms with Crippen LogP contribution in [0.4, 0.5) is 0 Å². The van der Waals surface area contributed by atoms with E-state index in [1.807, 2.05) is 0 Å². The largest absolute Gasteiger partial charge is 0.469 e. The van der Waals surface area contributed by atoms with E-state index in [4.69, 9.17) is 9.47 Å². The Morgan fingerprint density at radius 1 is 1.31 bits per heavy atom. The normalized spacial score (nSPS) is 27.6. The van der Waals surface area contributed by atoms with Gasteiger partial charge in [-0.25, -0.2) is 0 Å². The van der Waals surface area contributed by atoms with Crippen molar-refractivity contribution in [3.05, 3.63) is 0 Å². The Hall–Kier alpha value is -0.610. The molecule has 0 N–H and O–H groups in total. The van der Waals surface area contributed by atoms with Gasteiger partial charge in [-0.2, -0.15) is 0 Å². The minimum absolute atomic E-state index is 0.0128. The first kappa shape index (κ1) is 13.5. The molecule has 94 valence electrons. The van der Waals surface area contributed by atoms with E-state index in [-0.39, 0.29) is 24.3 Å². The highest BCUT2D eigenvalue weighted by molar-refractivity contribution is 5.70. The first-order valence-corrected chi connectivity index (χ1v) is 5.76. The van der Waals surface area contributed by atoms with Crippen LogP contribution in [0.15, 0.2) is 0 Å². The van der Waals surface area contributed by atoms with Crippen LogP contribution in [0.5, 0.6) is 0 Å². The number of hydrogen-bond donors (Lipinski definition) is 0. The summed E-state index contributed by atoms with van der Waals surface area (Å²) in [6.07, 6.45) is 0.665. The number of methoxy groups -OCH3 is 2. The number of carbonyl (C=O) groups is 1. The van der Waals surface area contributed by atoms with Gasteiger partial charge in [-0.15, -0.1) is 0 Å². The van der Waals surface area contributed by atoms with Crippen molar-refractivity contribution in [3.8, 4) is 0 Å². The van der Waals surface area contributed by atoms with Crippen LogP contribution >= 0.6 is 0 Å². The molecule has 0 aliphatic carbocycles. The van der Waals surface area contributed by atoms with Gasteiger partial charge in [-0.05, 0) is 5.92 Å². The fourth-order valence-corrected chi connectivity index (χ4v) is 2.31. The predicted octanol–water partition coefficient (Wildman–Crippen LogP) is 1.62. The Labute approximate surface area is 97.2 Å². The zero-order valence-electron chi connectivity index (χ0n) is 10.7. The van der Waals surface area contributed by atoms with Crippen molar-refractivity contribution in [1.82, 2.24) is 0 Å². The topological polar surface area (TPSA) is 48.1 Å². The molecule has 4 atom stereocenters. The van der Waals surface area contributed by atoms with Gasteiger partial charge in [0.25, 0.3) is 0 Å². The summed E-state index contributed by atoms with van der Waals surface area (Å²) < 4.78 is 15.6. The van der Waals surface area contributed by atoms with Crippen LogP contribution in [0.2, 0.25) is 0 Å². The predicted molar refractivity (Wildman–Crippen MR) is 60.1 cm³/mol. The lowest BCUT2D eigenvalue weighted by molar-refractivity contribution is -0.140. The Balaban J connectivity index is 2.40. The summed E-state index contributed by atoms with van der Waals surface area (Å²) in [6.45, 7) is 6.36. The van der Waals surface area contributed by atoms with Gasteiger partial charge in [0, 0.05) is 13.0 Å². The van der Waals surface area contributed by atoms with Crippen molar-refractivity contribution in [3.63, 3.8) is 0 Å². The number of carbonyl (C=O) groups excluding carboxylic acids is 1. The zero-order chi connectivity index (χ0) is 12.3. The van der Waals surface area contributed by atoms with Crippen molar-refractivity contribution in [2.45, 2.75) is 45.5 Å². The van der Waals surface area contributed by atoms with Crippen LogP contribution in [0.25, 0.3) is 0 Å². The molecule has 0 aromatic rings. The molecule has 1 fully saturated rings. The second-order valence-electron chi connectivity index (χ2n) is 4.72. The lowest BCUT2D eigenvalue weighted by Crippen LogP contribution is -2.30. The number of hydrogen-bond acceptors (Lipinski definition) is 4. The van der Waals surface area contributed by atoms with Crippen LogP contribution in [0.1, 0.15) is 27.2 Å². The standard InChI is InChI=1S/C12H22O4/c1-7(2)11(15-5)8(3)12-9(16-12)6-10(13)14-4/h7-9,11-12H,6H2,1-5H3/t8-,9+,11+,12+/m1/s1. The molecule has 0 aromatic carbocycles. The van der Waals surface area contributed by atoms with Gasteiger partial charge in [0.1, 0.15) is 0 Å². The monoisotopic (exact) mass is 230 g/mol. The van der Waals surface area contributed by atoms with Crippen LogP contribution in [-0.2, 0) is 19.0 Å². The van der Waals surface area contributed by atoms with Crippen molar-refractivity contribution in [1.29, 1.82) is 0 Å². The van der Waals surface area contributed by atoms with Crippen LogP contribution in [0.3, 0.4) is 0 Å². The molecule has 0 radical (unpaired) electrons. The van der Waals surface area contributed by atoms with Crippen LogP contribution in [0, 0.1) is 11.8 Å². The molecule has 0 spiro atoms. The summed E-state index contributed by atoms with van der Waals surface area (Å²) in [5, 5.41) is 0. The van der Waals surface area contributed by atoms with Crippen molar-refractivity contribution >= 4 is 5.97 Å². The van der Waals surface area contributed by atoms with E-state index in [1.165, 1.54) is 7.11 Å². The van der Waals surface area contributed by atoms with E-state index in [0.29, 0.717) is 18.3 Å². The first-order chi connectivity index (χ1) is 7.51. The summed E-state index contributed by atoms with van der Waals surface area (Å²) >= 11 is 0. The van der Waals surface area contributed by atoms with Gasteiger partial charge < -0.3 is 14.2 Å². The second-order valence-corrected chi connectivity index (χ2v) is 4.72. The van der Waals surface area contributed by atoms with Crippen molar-refractivity contribution in [2.75, 3.05) is 14.2 Å². The maximum absolute atomic E-state index is 11.1. The first-order valence-electron chi connectivity index (χ1n) is 5.76. The van der Waals surface area contributed by atoms with E-state index in [1.54, 1.807) is 7.11 Å². The SMILES string of the molecule is COC(=O)C[C@@H]1O[C@H]1[C@H](C)[C@@H](OC)C(C)C. The lowest BCUT2D eigenvalue weighted by Gasteiger charge is -2.24. The summed E-state index contributed by atoms with van der Waals surface area (Å²) in [4.78, 5) is 11.1. The van der Waals surface area contributed by atoms with E-state index in [0.717, 1.165) is 0 Å². The van der Waals surface area contributed by atoms with Gasteiger partial charge >= 0.3 is 5.97 Å². The van der Waals surface area contributed by atoms with Gasteiger partial charge in [-0.3, -0.25) is 4.79 Å². The highest BCUT2D eigenvalue weighted by atomic mass is 16.6. The number of epoxide rings is 1. The average molecular weight is 230 g/mol. The second kappa shape index (κ2) is 5.64. The molecule has 1 aliphatic rings. The van der Waals surface area contributed by atoms with Crippen LogP contribution < -0.4 is 0 Å². The smallest absolute Gasteiger partial charge is 0.308 e. The summed E-state index contributed by atoms with van der Waals surface area (Å²) in [5.74, 6) is 0.542. The zero-order valence-corrected chi connectivity index (χ0v) is 10.7. The molecule has 16 heavy (non-hydrogen) atoms. The Bertz CT molecular complexity index is 239. The van der Waals surface area contributed by atoms with Gasteiger partial charge in [0.2, 0.25) is 0 Å². The molecule has 1 rings (SSSR count). The molecule has 1 saturated heterocycles. The van der Waals surface area contributed by atoms with E-state index < -0.39 is 0 Å². The van der Waals surface area contributed by atoms with Gasteiger partial charge in [0.05, 0.1) is 31.8 Å². The van der Waals surface area contributed by atoms with E-state index in [9.17, 15) is 4.79 Å². The maximum atomic E-state index is 11.1. The molecule has 0 aromatic heterocycles. The Morgan fingerprint density at radius 2 is 1.94 bits per heavy atom. The molecule has 0 unspecified atom stereocenters. The number of rotatable bonds is 6. The minimum Gasteiger partial charge on any atom is -0.469 e. The summed E-state index contributed by atoms with van der Waals surface area (Å²) in [7, 11) is 3.12. The Kier molecular flexibility index (Phi) is 4.74. The van der Waals surface area contributed by atoms with E-state index in [2.05, 4.69) is 25.5 Å². The molecule has 0 saturated carbocycles. The number of esters is 1. The molecule has 0 amide bonds. The van der Waals surface area contributed by atoms with Crippen molar-refractivity contribution in [2.24, 2.45) is 11.8 Å². The molecule has 0 bridgehead atoms. The van der Waals surface area contributed by atoms with E-state index >= 15 is 0 Å². The molecule has 1 heterocycles. The third-order valence-corrected chi connectivity index (χ3v) is 3.18. The van der Waals surface area contributed by atoms with Crippen molar-refractivity contribution < 1.29 is 19.0 Å². The fourth-order valence-electron chi connectivity index (χ4n) is 2.31. The highest BCUT2D eigenvalue weighted by Gasteiger charge is 2.47. The fraction of sp³-hybridized carbons (Fsp3) is 0.917. The molecule has 1 aliphatic heterocycles. The third-order valence-electron chi connectivity index (χ3n) is 3.18. The minimum atomic E-state index is -0.210. The third kappa shape index (κ3) is 3.19. The van der Waals surface area contributed by atoms with Gasteiger partial charge in [-0.1, -0.05) is 20.8 Å². The Morgan fingerprint density at radius 3 is 2.38 bits per heavy atom.